The van der Waals surface area contributed by atoms with Crippen LogP contribution in [0.25, 0.3) is 0 Å². The summed E-state index contributed by atoms with van der Waals surface area (Å²) in [5.41, 5.74) is 0.345. The third-order valence-corrected chi connectivity index (χ3v) is 4.45. The Morgan fingerprint density at radius 3 is 2.33 bits per heavy atom. The first-order chi connectivity index (χ1) is 12.7. The molecule has 1 N–H and O–H groups in total. The lowest BCUT2D eigenvalue weighted by molar-refractivity contribution is -0.274. The zero-order chi connectivity index (χ0) is 20.0. The van der Waals surface area contributed by atoms with E-state index < -0.39 is 12.4 Å². The topological polar surface area (TPSA) is 61.9 Å². The van der Waals surface area contributed by atoms with Crippen molar-refractivity contribution in [2.24, 2.45) is 0 Å². The standard InChI is InChI=1S/C18H24F3N3O3/c1-13(17(26)24-10-4-3-5-11-24)23(2)12-16(25)22-14-6-8-15(9-7-14)27-18(19,20)21/h6-9,13H,3-5,10-12H2,1-2H3,(H,22,25). The van der Waals surface area contributed by atoms with Crippen LogP contribution >= 0.6 is 0 Å². The molecule has 2 rings (SSSR count). The normalized spacial score (nSPS) is 16.1. The number of anilines is 1. The lowest BCUT2D eigenvalue weighted by Crippen LogP contribution is -2.49. The van der Waals surface area contributed by atoms with Gasteiger partial charge in [-0.25, -0.2) is 0 Å². The van der Waals surface area contributed by atoms with Crippen molar-refractivity contribution >= 4 is 17.5 Å². The number of hydrogen-bond donors (Lipinski definition) is 1. The summed E-state index contributed by atoms with van der Waals surface area (Å²) in [6.45, 7) is 3.24. The predicted molar refractivity (Wildman–Crippen MR) is 94.3 cm³/mol. The maximum Gasteiger partial charge on any atom is 0.573 e. The summed E-state index contributed by atoms with van der Waals surface area (Å²) in [7, 11) is 1.69. The molecule has 0 bridgehead atoms. The van der Waals surface area contributed by atoms with Crippen LogP contribution in [0.15, 0.2) is 24.3 Å². The van der Waals surface area contributed by atoms with Crippen molar-refractivity contribution in [3.8, 4) is 5.75 Å². The largest absolute Gasteiger partial charge is 0.573 e. The second-order valence-electron chi connectivity index (χ2n) is 6.60. The van der Waals surface area contributed by atoms with Crippen molar-refractivity contribution < 1.29 is 27.5 Å². The lowest BCUT2D eigenvalue weighted by Gasteiger charge is -2.32. The predicted octanol–water partition coefficient (Wildman–Crippen LogP) is 2.86. The summed E-state index contributed by atoms with van der Waals surface area (Å²) >= 11 is 0. The number of piperidine rings is 1. The first-order valence-corrected chi connectivity index (χ1v) is 8.80. The van der Waals surface area contributed by atoms with Gasteiger partial charge in [0.2, 0.25) is 11.8 Å². The number of carbonyl (C=O) groups excluding carboxylic acids is 2. The van der Waals surface area contributed by atoms with E-state index in [9.17, 15) is 22.8 Å². The molecule has 1 saturated heterocycles. The molecule has 150 valence electrons. The van der Waals surface area contributed by atoms with Crippen LogP contribution in [0.4, 0.5) is 18.9 Å². The van der Waals surface area contributed by atoms with Crippen LogP contribution in [0.3, 0.4) is 0 Å². The molecule has 1 aromatic rings. The van der Waals surface area contributed by atoms with Crippen LogP contribution in [0.2, 0.25) is 0 Å². The Hall–Kier alpha value is -2.29. The van der Waals surface area contributed by atoms with Gasteiger partial charge in [0.15, 0.2) is 0 Å². The fraction of sp³-hybridized carbons (Fsp3) is 0.556. The first kappa shape index (κ1) is 21.0. The molecule has 0 saturated carbocycles. The number of nitrogens with zero attached hydrogens (tertiary/aromatic N) is 2. The number of benzene rings is 1. The van der Waals surface area contributed by atoms with Gasteiger partial charge >= 0.3 is 6.36 Å². The van der Waals surface area contributed by atoms with Gasteiger partial charge in [0, 0.05) is 18.8 Å². The molecule has 1 aromatic carbocycles. The van der Waals surface area contributed by atoms with Gasteiger partial charge in [0.05, 0.1) is 12.6 Å². The van der Waals surface area contributed by atoms with Crippen molar-refractivity contribution in [1.29, 1.82) is 0 Å². The molecule has 1 fully saturated rings. The van der Waals surface area contributed by atoms with Crippen LogP contribution in [-0.2, 0) is 9.59 Å². The van der Waals surface area contributed by atoms with E-state index in [-0.39, 0.29) is 24.1 Å². The minimum atomic E-state index is -4.76. The molecular formula is C18H24F3N3O3. The Morgan fingerprint density at radius 2 is 1.78 bits per heavy atom. The SMILES string of the molecule is CC(C(=O)N1CCCCC1)N(C)CC(=O)Nc1ccc(OC(F)(F)F)cc1. The number of likely N-dealkylation sites (N-methyl/N-ethyl adjacent to an activating group) is 1. The Labute approximate surface area is 156 Å². The molecule has 1 aliphatic heterocycles. The molecule has 27 heavy (non-hydrogen) atoms. The average molecular weight is 387 g/mol. The van der Waals surface area contributed by atoms with Gasteiger partial charge in [-0.2, -0.15) is 0 Å². The summed E-state index contributed by atoms with van der Waals surface area (Å²) in [6.07, 6.45) is -1.64. The van der Waals surface area contributed by atoms with E-state index in [2.05, 4.69) is 10.1 Å². The molecule has 9 heteroatoms. The number of rotatable bonds is 6. The van der Waals surface area contributed by atoms with Gasteiger partial charge < -0.3 is 15.0 Å². The van der Waals surface area contributed by atoms with Gasteiger partial charge in [-0.05, 0) is 57.5 Å². The van der Waals surface area contributed by atoms with Gasteiger partial charge in [-0.1, -0.05) is 0 Å². The second kappa shape index (κ2) is 9.07. The minimum Gasteiger partial charge on any atom is -0.406 e. The zero-order valence-electron chi connectivity index (χ0n) is 15.4. The van der Waals surface area contributed by atoms with Gasteiger partial charge in [0.25, 0.3) is 0 Å². The number of carbonyl (C=O) groups is 2. The van der Waals surface area contributed by atoms with Gasteiger partial charge in [-0.3, -0.25) is 14.5 Å². The third kappa shape index (κ3) is 6.74. The van der Waals surface area contributed by atoms with E-state index in [1.807, 2.05) is 4.90 Å². The van der Waals surface area contributed by atoms with Crippen LogP contribution in [0, 0.1) is 0 Å². The van der Waals surface area contributed by atoms with E-state index in [4.69, 9.17) is 0 Å². The van der Waals surface area contributed by atoms with Crippen LogP contribution in [0.5, 0.6) is 5.75 Å². The molecule has 1 heterocycles. The quantitative estimate of drug-likeness (QED) is 0.816. The molecule has 0 radical (unpaired) electrons. The molecule has 1 aliphatic rings. The molecule has 1 unspecified atom stereocenters. The summed E-state index contributed by atoms with van der Waals surface area (Å²) in [6, 6.07) is 4.45. The van der Waals surface area contributed by atoms with E-state index in [1.165, 1.54) is 12.1 Å². The highest BCUT2D eigenvalue weighted by atomic mass is 19.4. The van der Waals surface area contributed by atoms with E-state index >= 15 is 0 Å². The van der Waals surface area contributed by atoms with Crippen LogP contribution in [-0.4, -0.2) is 60.7 Å². The van der Waals surface area contributed by atoms with E-state index in [0.717, 1.165) is 44.5 Å². The van der Waals surface area contributed by atoms with Gasteiger partial charge in [0.1, 0.15) is 5.75 Å². The Kier molecular flexibility index (Phi) is 7.06. The fourth-order valence-electron chi connectivity index (χ4n) is 2.87. The maximum absolute atomic E-state index is 12.5. The maximum atomic E-state index is 12.5. The molecular weight excluding hydrogens is 363 g/mol. The van der Waals surface area contributed by atoms with Crippen molar-refractivity contribution in [3.05, 3.63) is 24.3 Å². The van der Waals surface area contributed by atoms with Crippen molar-refractivity contribution in [2.75, 3.05) is 32.0 Å². The number of likely N-dealkylation sites (tertiary alicyclic amines) is 1. The minimum absolute atomic E-state index is 0.00125. The summed E-state index contributed by atoms with van der Waals surface area (Å²) in [4.78, 5) is 28.1. The smallest absolute Gasteiger partial charge is 0.406 e. The highest BCUT2D eigenvalue weighted by molar-refractivity contribution is 5.92. The first-order valence-electron chi connectivity index (χ1n) is 8.80. The number of hydrogen-bond acceptors (Lipinski definition) is 4. The Bertz CT molecular complexity index is 643. The molecule has 0 aromatic heterocycles. The highest BCUT2D eigenvalue weighted by Gasteiger charge is 2.31. The number of ether oxygens (including phenoxy) is 1. The Morgan fingerprint density at radius 1 is 1.19 bits per heavy atom. The number of nitrogens with one attached hydrogen (secondary N) is 1. The Balaban J connectivity index is 1.84. The monoisotopic (exact) mass is 387 g/mol. The van der Waals surface area contributed by atoms with Crippen LogP contribution < -0.4 is 10.1 Å². The molecule has 0 spiro atoms. The van der Waals surface area contributed by atoms with Crippen molar-refractivity contribution in [3.63, 3.8) is 0 Å². The molecule has 0 aliphatic carbocycles. The van der Waals surface area contributed by atoms with E-state index in [1.54, 1.807) is 18.9 Å². The van der Waals surface area contributed by atoms with E-state index in [0.29, 0.717) is 5.69 Å². The number of halogens is 3. The van der Waals surface area contributed by atoms with Gasteiger partial charge in [-0.15, -0.1) is 13.2 Å². The van der Waals surface area contributed by atoms with Crippen LogP contribution in [0.1, 0.15) is 26.2 Å². The van der Waals surface area contributed by atoms with Crippen molar-refractivity contribution in [1.82, 2.24) is 9.80 Å². The number of amides is 2. The molecule has 1 atom stereocenters. The molecule has 6 nitrogen and oxygen atoms in total. The summed E-state index contributed by atoms with van der Waals surface area (Å²) in [5.74, 6) is -0.725. The average Bonchev–Trinajstić information content (AvgIpc) is 2.61. The fourth-order valence-corrected chi connectivity index (χ4v) is 2.87. The van der Waals surface area contributed by atoms with Crippen molar-refractivity contribution in [2.45, 2.75) is 38.6 Å². The second-order valence-corrected chi connectivity index (χ2v) is 6.60. The number of alkyl halides is 3. The summed E-state index contributed by atoms with van der Waals surface area (Å²) in [5, 5.41) is 2.59. The zero-order valence-corrected chi connectivity index (χ0v) is 15.4. The summed E-state index contributed by atoms with van der Waals surface area (Å²) < 4.78 is 40.2. The highest BCUT2D eigenvalue weighted by Crippen LogP contribution is 2.24. The third-order valence-electron chi connectivity index (χ3n) is 4.45. The molecule has 2 amide bonds. The lowest BCUT2D eigenvalue weighted by atomic mass is 10.1.